The summed E-state index contributed by atoms with van der Waals surface area (Å²) in [6.07, 6.45) is 5.75. The number of likely N-dealkylation sites (N-methyl/N-ethyl adjacent to an activating group) is 1. The second kappa shape index (κ2) is 10.7. The zero-order chi connectivity index (χ0) is 24.1. The number of methoxy groups -OCH3 is 1. The SMILES string of the molecule is CNCCc1[nH]c(-c2ccncc2OC(C)C2CCN2)c(Nc2cccc(F)c2OC)c1C=O. The second-order valence-corrected chi connectivity index (χ2v) is 8.23. The van der Waals surface area contributed by atoms with Gasteiger partial charge in [-0.25, -0.2) is 4.39 Å². The highest BCUT2D eigenvalue weighted by Crippen LogP contribution is 2.41. The van der Waals surface area contributed by atoms with Crippen molar-refractivity contribution in [2.75, 3.05) is 32.6 Å². The van der Waals surface area contributed by atoms with E-state index in [2.05, 4.69) is 25.9 Å². The van der Waals surface area contributed by atoms with E-state index in [1.54, 1.807) is 24.5 Å². The monoisotopic (exact) mass is 467 g/mol. The molecule has 2 atom stereocenters. The molecule has 4 N–H and O–H groups in total. The van der Waals surface area contributed by atoms with Gasteiger partial charge in [-0.05, 0) is 45.1 Å². The fourth-order valence-corrected chi connectivity index (χ4v) is 4.10. The Morgan fingerprint density at radius 3 is 2.85 bits per heavy atom. The number of nitrogens with zero attached hydrogens (tertiary/aromatic N) is 1. The molecule has 180 valence electrons. The van der Waals surface area contributed by atoms with Gasteiger partial charge >= 0.3 is 0 Å². The molecule has 2 unspecified atom stereocenters. The van der Waals surface area contributed by atoms with Gasteiger partial charge in [0.15, 0.2) is 17.9 Å². The second-order valence-electron chi connectivity index (χ2n) is 8.23. The zero-order valence-electron chi connectivity index (χ0n) is 19.6. The minimum atomic E-state index is -0.498. The van der Waals surface area contributed by atoms with Crippen LogP contribution in [0.4, 0.5) is 15.8 Å². The predicted octanol–water partition coefficient (Wildman–Crippen LogP) is 3.67. The number of H-pyrrole nitrogens is 1. The first-order valence-corrected chi connectivity index (χ1v) is 11.4. The van der Waals surface area contributed by atoms with Gasteiger partial charge < -0.3 is 30.4 Å². The molecule has 1 fully saturated rings. The van der Waals surface area contributed by atoms with E-state index in [1.807, 2.05) is 20.0 Å². The molecule has 0 spiro atoms. The average molecular weight is 468 g/mol. The van der Waals surface area contributed by atoms with Crippen LogP contribution in [0.3, 0.4) is 0 Å². The number of hydrogen-bond acceptors (Lipinski definition) is 7. The van der Waals surface area contributed by atoms with Crippen LogP contribution in [0.1, 0.15) is 29.4 Å². The van der Waals surface area contributed by atoms with Crippen LogP contribution in [0.5, 0.6) is 11.5 Å². The molecule has 2 aromatic heterocycles. The molecule has 1 aromatic carbocycles. The van der Waals surface area contributed by atoms with Gasteiger partial charge in [0.2, 0.25) is 0 Å². The van der Waals surface area contributed by atoms with Gasteiger partial charge in [-0.15, -0.1) is 0 Å². The van der Waals surface area contributed by atoms with Crippen molar-refractivity contribution in [3.63, 3.8) is 0 Å². The van der Waals surface area contributed by atoms with Crippen molar-refractivity contribution in [2.45, 2.75) is 31.9 Å². The van der Waals surface area contributed by atoms with E-state index >= 15 is 0 Å². The Labute approximate surface area is 198 Å². The molecule has 0 radical (unpaired) electrons. The van der Waals surface area contributed by atoms with E-state index in [0.29, 0.717) is 41.3 Å². The number of benzene rings is 1. The summed E-state index contributed by atoms with van der Waals surface area (Å²) in [5.41, 5.74) is 3.57. The zero-order valence-corrected chi connectivity index (χ0v) is 19.6. The highest BCUT2D eigenvalue weighted by atomic mass is 19.1. The molecular formula is C25H30FN5O3. The molecule has 3 aromatic rings. The van der Waals surface area contributed by atoms with Crippen LogP contribution in [0.15, 0.2) is 36.7 Å². The number of aromatic amines is 1. The maximum atomic E-state index is 14.4. The summed E-state index contributed by atoms with van der Waals surface area (Å²) in [6.45, 7) is 3.68. The normalized spacial score (nSPS) is 15.9. The summed E-state index contributed by atoms with van der Waals surface area (Å²) in [6, 6.07) is 6.73. The third-order valence-electron chi connectivity index (χ3n) is 6.09. The van der Waals surface area contributed by atoms with Crippen LogP contribution in [0.2, 0.25) is 0 Å². The summed E-state index contributed by atoms with van der Waals surface area (Å²) in [5.74, 6) is 0.165. The van der Waals surface area contributed by atoms with Crippen molar-refractivity contribution in [3.05, 3.63) is 53.7 Å². The lowest BCUT2D eigenvalue weighted by molar-refractivity contribution is 0.112. The van der Waals surface area contributed by atoms with E-state index in [0.717, 1.165) is 30.5 Å². The molecule has 4 rings (SSSR count). The minimum absolute atomic E-state index is 0.0549. The van der Waals surface area contributed by atoms with Crippen LogP contribution in [-0.4, -0.2) is 55.6 Å². The molecule has 1 saturated heterocycles. The third-order valence-corrected chi connectivity index (χ3v) is 6.09. The van der Waals surface area contributed by atoms with Crippen molar-refractivity contribution >= 4 is 17.7 Å². The summed E-state index contributed by atoms with van der Waals surface area (Å²) in [7, 11) is 3.26. The summed E-state index contributed by atoms with van der Waals surface area (Å²) in [4.78, 5) is 19.9. The summed E-state index contributed by atoms with van der Waals surface area (Å²) >= 11 is 0. The largest absolute Gasteiger partial charge is 0.492 e. The van der Waals surface area contributed by atoms with E-state index in [1.165, 1.54) is 13.2 Å². The van der Waals surface area contributed by atoms with Gasteiger partial charge in [0, 0.05) is 36.5 Å². The number of aldehydes is 1. The molecular weight excluding hydrogens is 437 g/mol. The number of ether oxygens (including phenoxy) is 2. The summed E-state index contributed by atoms with van der Waals surface area (Å²) < 4.78 is 25.9. The Bertz CT molecular complexity index is 1150. The highest BCUT2D eigenvalue weighted by molar-refractivity contribution is 5.96. The molecule has 0 aliphatic carbocycles. The third kappa shape index (κ3) is 4.76. The van der Waals surface area contributed by atoms with E-state index in [4.69, 9.17) is 9.47 Å². The van der Waals surface area contributed by atoms with Gasteiger partial charge in [0.1, 0.15) is 11.9 Å². The number of carbonyl (C=O) groups is 1. The quantitative estimate of drug-likeness (QED) is 0.319. The van der Waals surface area contributed by atoms with E-state index in [9.17, 15) is 9.18 Å². The first kappa shape index (κ1) is 23.7. The van der Waals surface area contributed by atoms with Crippen LogP contribution in [-0.2, 0) is 6.42 Å². The van der Waals surface area contributed by atoms with Crippen molar-refractivity contribution in [1.82, 2.24) is 20.6 Å². The lowest BCUT2D eigenvalue weighted by Crippen LogP contribution is -2.51. The number of aromatic nitrogens is 2. The van der Waals surface area contributed by atoms with Crippen molar-refractivity contribution < 1.29 is 18.7 Å². The van der Waals surface area contributed by atoms with Crippen molar-refractivity contribution in [3.8, 4) is 22.8 Å². The van der Waals surface area contributed by atoms with Gasteiger partial charge in [0.25, 0.3) is 0 Å². The fourth-order valence-electron chi connectivity index (χ4n) is 4.10. The Kier molecular flexibility index (Phi) is 7.44. The maximum absolute atomic E-state index is 14.4. The molecule has 9 heteroatoms. The molecule has 1 aliphatic heterocycles. The Morgan fingerprint density at radius 1 is 1.35 bits per heavy atom. The van der Waals surface area contributed by atoms with Crippen LogP contribution >= 0.6 is 0 Å². The van der Waals surface area contributed by atoms with Crippen molar-refractivity contribution in [2.24, 2.45) is 0 Å². The number of halogens is 1. The number of para-hydroxylation sites is 1. The molecule has 3 heterocycles. The molecule has 0 saturated carbocycles. The predicted molar refractivity (Wildman–Crippen MR) is 130 cm³/mol. The fraction of sp³-hybridized carbons (Fsp3) is 0.360. The number of nitrogens with one attached hydrogen (secondary N) is 4. The number of carbonyl (C=O) groups excluding carboxylic acids is 1. The molecule has 1 aliphatic rings. The van der Waals surface area contributed by atoms with Gasteiger partial charge in [-0.3, -0.25) is 9.78 Å². The smallest absolute Gasteiger partial charge is 0.177 e. The molecule has 34 heavy (non-hydrogen) atoms. The Hall–Kier alpha value is -3.43. The molecule has 0 amide bonds. The highest BCUT2D eigenvalue weighted by Gasteiger charge is 2.27. The minimum Gasteiger partial charge on any atom is -0.492 e. The van der Waals surface area contributed by atoms with Gasteiger partial charge in [-0.2, -0.15) is 0 Å². The molecule has 8 nitrogen and oxygen atoms in total. The lowest BCUT2D eigenvalue weighted by Gasteiger charge is -2.33. The molecule has 0 bridgehead atoms. The standard InChI is InChI=1S/C25H30FN5O3/c1-15(19-9-12-29-19)34-22-13-28-11-7-16(22)23-24(17(14-32)20(30-23)8-10-27-2)31-21-6-4-5-18(26)25(21)33-3/h4-7,11,13-15,19,27,29-31H,8-10,12H2,1-3H3. The van der Waals surface area contributed by atoms with Gasteiger partial charge in [0.05, 0.1) is 35.9 Å². The number of pyridine rings is 1. The van der Waals surface area contributed by atoms with Crippen LogP contribution in [0, 0.1) is 5.82 Å². The number of rotatable bonds is 11. The topological polar surface area (TPSA) is 100 Å². The average Bonchev–Trinajstić information content (AvgIpc) is 3.13. The number of hydrogen-bond donors (Lipinski definition) is 4. The first-order valence-electron chi connectivity index (χ1n) is 11.4. The maximum Gasteiger partial charge on any atom is 0.177 e. The summed E-state index contributed by atoms with van der Waals surface area (Å²) in [5, 5.41) is 9.71. The first-order chi connectivity index (χ1) is 16.6. The van der Waals surface area contributed by atoms with E-state index in [-0.39, 0.29) is 17.9 Å². The Balaban J connectivity index is 1.80. The van der Waals surface area contributed by atoms with E-state index < -0.39 is 5.82 Å². The van der Waals surface area contributed by atoms with Crippen molar-refractivity contribution in [1.29, 1.82) is 0 Å². The lowest BCUT2D eigenvalue weighted by atomic mass is 10.0. The van der Waals surface area contributed by atoms with Gasteiger partial charge in [-0.1, -0.05) is 6.07 Å². The van der Waals surface area contributed by atoms with Crippen LogP contribution < -0.4 is 25.4 Å². The Morgan fingerprint density at radius 2 is 2.18 bits per heavy atom. The van der Waals surface area contributed by atoms with Crippen LogP contribution in [0.25, 0.3) is 11.3 Å². The number of anilines is 2.